The Morgan fingerprint density at radius 1 is 1.24 bits per heavy atom. The van der Waals surface area contributed by atoms with Crippen LogP contribution in [0.1, 0.15) is 42.6 Å². The summed E-state index contributed by atoms with van der Waals surface area (Å²) in [6.07, 6.45) is 6.00. The van der Waals surface area contributed by atoms with E-state index in [4.69, 9.17) is 4.74 Å². The molecule has 1 aliphatic carbocycles. The van der Waals surface area contributed by atoms with Crippen LogP contribution in [0.25, 0.3) is 10.9 Å². The number of carbonyl (C=O) groups is 1. The molecule has 0 atom stereocenters. The fourth-order valence-electron chi connectivity index (χ4n) is 3.18. The van der Waals surface area contributed by atoms with Gasteiger partial charge in [-0.05, 0) is 37.1 Å². The second kappa shape index (κ2) is 5.80. The lowest BCUT2D eigenvalue weighted by Crippen LogP contribution is -2.38. The highest BCUT2D eigenvalue weighted by atomic mass is 16.5. The van der Waals surface area contributed by atoms with Crippen molar-refractivity contribution in [1.29, 1.82) is 0 Å². The third-order valence-electron chi connectivity index (χ3n) is 4.50. The highest BCUT2D eigenvalue weighted by molar-refractivity contribution is 5.98. The molecule has 0 unspecified atom stereocenters. The molecule has 112 valence electrons. The van der Waals surface area contributed by atoms with Crippen LogP contribution in [0.4, 0.5) is 0 Å². The van der Waals surface area contributed by atoms with Gasteiger partial charge in [-0.1, -0.05) is 19.3 Å². The molecule has 0 aliphatic heterocycles. The molecule has 4 nitrogen and oxygen atoms in total. The summed E-state index contributed by atoms with van der Waals surface area (Å²) in [5, 5.41) is 1.01. The van der Waals surface area contributed by atoms with Crippen molar-refractivity contribution < 1.29 is 9.53 Å². The largest absolute Gasteiger partial charge is 0.497 e. The Balaban J connectivity index is 1.83. The minimum atomic E-state index is 0.0806. The fourth-order valence-corrected chi connectivity index (χ4v) is 3.18. The van der Waals surface area contributed by atoms with Crippen LogP contribution in [0.2, 0.25) is 0 Å². The summed E-state index contributed by atoms with van der Waals surface area (Å²) >= 11 is 0. The van der Waals surface area contributed by atoms with E-state index in [-0.39, 0.29) is 5.91 Å². The quantitative estimate of drug-likeness (QED) is 0.937. The van der Waals surface area contributed by atoms with Crippen LogP contribution in [0.3, 0.4) is 0 Å². The van der Waals surface area contributed by atoms with Crippen LogP contribution in [-0.2, 0) is 0 Å². The lowest BCUT2D eigenvalue weighted by atomic mass is 9.94. The van der Waals surface area contributed by atoms with Crippen molar-refractivity contribution in [2.24, 2.45) is 0 Å². The van der Waals surface area contributed by atoms with Gasteiger partial charge in [0.25, 0.3) is 5.91 Å². The Labute approximate surface area is 125 Å². The third-order valence-corrected chi connectivity index (χ3v) is 4.50. The number of aromatic amines is 1. The first-order valence-electron chi connectivity index (χ1n) is 7.63. The number of benzene rings is 1. The van der Waals surface area contributed by atoms with Crippen molar-refractivity contribution in [3.8, 4) is 5.75 Å². The van der Waals surface area contributed by atoms with E-state index in [0.29, 0.717) is 11.7 Å². The maximum absolute atomic E-state index is 12.6. The summed E-state index contributed by atoms with van der Waals surface area (Å²) in [6.45, 7) is 0. The van der Waals surface area contributed by atoms with Crippen LogP contribution in [0, 0.1) is 0 Å². The Hall–Kier alpha value is -1.97. The highest BCUT2D eigenvalue weighted by Gasteiger charge is 2.23. The lowest BCUT2D eigenvalue weighted by Gasteiger charge is -2.30. The van der Waals surface area contributed by atoms with Gasteiger partial charge < -0.3 is 14.6 Å². The number of nitrogens with one attached hydrogen (secondary N) is 1. The standard InChI is InChI=1S/C17H22N2O2/c1-19(13-6-4-3-5-7-13)17(20)16-11-12-10-14(21-2)8-9-15(12)18-16/h8-11,13,18H,3-7H2,1-2H3. The zero-order valence-electron chi connectivity index (χ0n) is 12.7. The molecule has 1 aliphatic rings. The zero-order chi connectivity index (χ0) is 14.8. The van der Waals surface area contributed by atoms with E-state index in [0.717, 1.165) is 29.5 Å². The van der Waals surface area contributed by atoms with E-state index < -0.39 is 0 Å². The van der Waals surface area contributed by atoms with Gasteiger partial charge in [0.1, 0.15) is 11.4 Å². The van der Waals surface area contributed by atoms with Crippen molar-refractivity contribution in [2.75, 3.05) is 14.2 Å². The Kier molecular flexibility index (Phi) is 3.86. The summed E-state index contributed by atoms with van der Waals surface area (Å²) in [7, 11) is 3.57. The second-order valence-corrected chi connectivity index (χ2v) is 5.84. The van der Waals surface area contributed by atoms with E-state index in [1.807, 2.05) is 36.2 Å². The topological polar surface area (TPSA) is 45.3 Å². The smallest absolute Gasteiger partial charge is 0.270 e. The van der Waals surface area contributed by atoms with Gasteiger partial charge in [0.2, 0.25) is 0 Å². The van der Waals surface area contributed by atoms with Crippen LogP contribution < -0.4 is 4.74 Å². The molecule has 0 saturated heterocycles. The molecule has 1 fully saturated rings. The predicted octanol–water partition coefficient (Wildman–Crippen LogP) is 3.58. The van der Waals surface area contributed by atoms with Gasteiger partial charge in [-0.2, -0.15) is 0 Å². The number of ether oxygens (including phenoxy) is 1. The van der Waals surface area contributed by atoms with Crippen molar-refractivity contribution in [3.05, 3.63) is 30.0 Å². The van der Waals surface area contributed by atoms with E-state index in [1.54, 1.807) is 7.11 Å². The summed E-state index contributed by atoms with van der Waals surface area (Å²) < 4.78 is 5.23. The number of methoxy groups -OCH3 is 1. The van der Waals surface area contributed by atoms with Crippen molar-refractivity contribution >= 4 is 16.8 Å². The molecule has 1 amide bonds. The van der Waals surface area contributed by atoms with Crippen LogP contribution in [0.15, 0.2) is 24.3 Å². The van der Waals surface area contributed by atoms with E-state index >= 15 is 0 Å². The molecule has 1 aromatic carbocycles. The van der Waals surface area contributed by atoms with E-state index in [9.17, 15) is 4.79 Å². The molecule has 3 rings (SSSR count). The first kappa shape index (κ1) is 14.0. The number of fused-ring (bicyclic) bond motifs is 1. The summed E-state index contributed by atoms with van der Waals surface area (Å²) in [5.41, 5.74) is 1.63. The van der Waals surface area contributed by atoms with Crippen molar-refractivity contribution in [1.82, 2.24) is 9.88 Å². The molecular weight excluding hydrogens is 264 g/mol. The molecule has 2 aromatic rings. The normalized spacial score (nSPS) is 16.1. The Morgan fingerprint density at radius 2 is 2.00 bits per heavy atom. The van der Waals surface area contributed by atoms with Crippen molar-refractivity contribution in [3.63, 3.8) is 0 Å². The van der Waals surface area contributed by atoms with Crippen LogP contribution in [-0.4, -0.2) is 36.0 Å². The first-order valence-corrected chi connectivity index (χ1v) is 7.63. The average molecular weight is 286 g/mol. The monoisotopic (exact) mass is 286 g/mol. The number of hydrogen-bond donors (Lipinski definition) is 1. The van der Waals surface area contributed by atoms with E-state index in [1.165, 1.54) is 19.3 Å². The van der Waals surface area contributed by atoms with Gasteiger partial charge in [-0.25, -0.2) is 0 Å². The average Bonchev–Trinajstić information content (AvgIpc) is 2.97. The Morgan fingerprint density at radius 3 is 2.71 bits per heavy atom. The Bertz CT molecular complexity index is 641. The van der Waals surface area contributed by atoms with Gasteiger partial charge in [-0.3, -0.25) is 4.79 Å². The molecule has 1 heterocycles. The predicted molar refractivity (Wildman–Crippen MR) is 83.8 cm³/mol. The number of rotatable bonds is 3. The summed E-state index contributed by atoms with van der Waals surface area (Å²) in [6, 6.07) is 8.10. The maximum atomic E-state index is 12.6. The second-order valence-electron chi connectivity index (χ2n) is 5.84. The molecule has 0 spiro atoms. The van der Waals surface area contributed by atoms with Crippen LogP contribution in [0.5, 0.6) is 5.75 Å². The number of hydrogen-bond acceptors (Lipinski definition) is 2. The lowest BCUT2D eigenvalue weighted by molar-refractivity contribution is 0.0691. The maximum Gasteiger partial charge on any atom is 0.270 e. The summed E-state index contributed by atoms with van der Waals surface area (Å²) in [5.74, 6) is 0.887. The fraction of sp³-hybridized carbons (Fsp3) is 0.471. The highest BCUT2D eigenvalue weighted by Crippen LogP contribution is 2.25. The first-order chi connectivity index (χ1) is 10.2. The number of nitrogens with zero attached hydrogens (tertiary/aromatic N) is 1. The van der Waals surface area contributed by atoms with E-state index in [2.05, 4.69) is 4.98 Å². The van der Waals surface area contributed by atoms with Gasteiger partial charge in [0, 0.05) is 24.0 Å². The zero-order valence-corrected chi connectivity index (χ0v) is 12.7. The third kappa shape index (κ3) is 2.75. The van der Waals surface area contributed by atoms with Gasteiger partial charge in [-0.15, -0.1) is 0 Å². The number of H-pyrrole nitrogens is 1. The van der Waals surface area contributed by atoms with Gasteiger partial charge >= 0.3 is 0 Å². The molecule has 1 N–H and O–H groups in total. The molecule has 4 heteroatoms. The molecule has 21 heavy (non-hydrogen) atoms. The summed E-state index contributed by atoms with van der Waals surface area (Å²) in [4.78, 5) is 17.8. The SMILES string of the molecule is COc1ccc2[nH]c(C(=O)N(C)C3CCCCC3)cc2c1. The number of aromatic nitrogens is 1. The van der Waals surface area contributed by atoms with Gasteiger partial charge in [0.15, 0.2) is 0 Å². The van der Waals surface area contributed by atoms with Gasteiger partial charge in [0.05, 0.1) is 7.11 Å². The number of carbonyl (C=O) groups excluding carboxylic acids is 1. The van der Waals surface area contributed by atoms with Crippen molar-refractivity contribution in [2.45, 2.75) is 38.1 Å². The molecule has 0 bridgehead atoms. The molecule has 0 radical (unpaired) electrons. The minimum Gasteiger partial charge on any atom is -0.497 e. The number of amides is 1. The molecule has 1 aromatic heterocycles. The molecular formula is C17H22N2O2. The molecule has 1 saturated carbocycles. The minimum absolute atomic E-state index is 0.0806. The van der Waals surface area contributed by atoms with Crippen LogP contribution >= 0.6 is 0 Å².